The van der Waals surface area contributed by atoms with E-state index in [2.05, 4.69) is 17.0 Å². The van der Waals surface area contributed by atoms with E-state index in [1.807, 2.05) is 48.2 Å². The summed E-state index contributed by atoms with van der Waals surface area (Å²) in [7, 11) is 1.60. The lowest BCUT2D eigenvalue weighted by molar-refractivity contribution is -0.133. The monoisotopic (exact) mass is 340 g/mol. The molecule has 2 aromatic rings. The number of carbonyl (C=O) groups excluding carboxylic acids is 1. The Morgan fingerprint density at radius 3 is 2.40 bits per heavy atom. The van der Waals surface area contributed by atoms with Gasteiger partial charge in [0.2, 0.25) is 0 Å². The number of amides is 1. The summed E-state index contributed by atoms with van der Waals surface area (Å²) in [6.07, 6.45) is 0. The topological polar surface area (TPSA) is 42.0 Å². The predicted molar refractivity (Wildman–Crippen MR) is 98.5 cm³/mol. The number of piperazine rings is 1. The van der Waals surface area contributed by atoms with Gasteiger partial charge in [0.15, 0.2) is 18.1 Å². The molecule has 5 nitrogen and oxygen atoms in total. The molecule has 1 aliphatic heterocycles. The summed E-state index contributed by atoms with van der Waals surface area (Å²) in [5.74, 6) is 1.27. The molecular weight excluding hydrogens is 316 g/mol. The molecule has 0 saturated carbocycles. The molecule has 1 amide bonds. The van der Waals surface area contributed by atoms with Crippen LogP contribution in [-0.2, 0) is 4.79 Å². The second-order valence-electron chi connectivity index (χ2n) is 6.15. The van der Waals surface area contributed by atoms with E-state index in [9.17, 15) is 4.79 Å². The van der Waals surface area contributed by atoms with Gasteiger partial charge in [0.1, 0.15) is 0 Å². The summed E-state index contributed by atoms with van der Waals surface area (Å²) < 4.78 is 11.0. The summed E-state index contributed by atoms with van der Waals surface area (Å²) in [6.45, 7) is 5.12. The first-order valence-corrected chi connectivity index (χ1v) is 8.52. The van der Waals surface area contributed by atoms with Gasteiger partial charge in [-0.1, -0.05) is 24.3 Å². The fraction of sp³-hybridized carbons (Fsp3) is 0.350. The number of hydrogen-bond acceptors (Lipinski definition) is 4. The molecule has 0 unspecified atom stereocenters. The minimum absolute atomic E-state index is 0.00957. The molecule has 1 fully saturated rings. The van der Waals surface area contributed by atoms with Crippen molar-refractivity contribution in [1.82, 2.24) is 4.90 Å². The molecule has 0 aliphatic carbocycles. The van der Waals surface area contributed by atoms with E-state index in [-0.39, 0.29) is 12.5 Å². The maximum Gasteiger partial charge on any atom is 0.260 e. The molecule has 0 bridgehead atoms. The third-order valence-corrected chi connectivity index (χ3v) is 4.42. The fourth-order valence-corrected chi connectivity index (χ4v) is 2.98. The van der Waals surface area contributed by atoms with Gasteiger partial charge >= 0.3 is 0 Å². The van der Waals surface area contributed by atoms with E-state index in [0.29, 0.717) is 24.6 Å². The average Bonchev–Trinajstić information content (AvgIpc) is 2.67. The Morgan fingerprint density at radius 1 is 1.00 bits per heavy atom. The summed E-state index contributed by atoms with van der Waals surface area (Å²) in [6, 6.07) is 16.0. The zero-order valence-electron chi connectivity index (χ0n) is 14.8. The summed E-state index contributed by atoms with van der Waals surface area (Å²) in [5, 5.41) is 0. The van der Waals surface area contributed by atoms with E-state index in [1.54, 1.807) is 7.11 Å². The SMILES string of the molecule is COc1cc(C)ccc1OCC(=O)N1CCN(c2ccccc2)CC1. The van der Waals surface area contributed by atoms with E-state index in [0.717, 1.165) is 18.7 Å². The number of anilines is 1. The van der Waals surface area contributed by atoms with Gasteiger partial charge in [-0.3, -0.25) is 4.79 Å². The fourth-order valence-electron chi connectivity index (χ4n) is 2.98. The van der Waals surface area contributed by atoms with Gasteiger partial charge in [0.25, 0.3) is 5.91 Å². The molecule has 1 heterocycles. The molecule has 0 spiro atoms. The van der Waals surface area contributed by atoms with Crippen LogP contribution in [0.25, 0.3) is 0 Å². The Balaban J connectivity index is 1.52. The number of para-hydroxylation sites is 1. The lowest BCUT2D eigenvalue weighted by Crippen LogP contribution is -2.50. The van der Waals surface area contributed by atoms with Crippen LogP contribution in [0.15, 0.2) is 48.5 Å². The molecule has 0 N–H and O–H groups in total. The number of rotatable bonds is 5. The van der Waals surface area contributed by atoms with Crippen molar-refractivity contribution in [1.29, 1.82) is 0 Å². The smallest absolute Gasteiger partial charge is 0.260 e. The molecule has 3 rings (SSSR count). The van der Waals surface area contributed by atoms with Gasteiger partial charge in [-0.25, -0.2) is 0 Å². The number of carbonyl (C=O) groups is 1. The van der Waals surface area contributed by atoms with Gasteiger partial charge in [-0.15, -0.1) is 0 Å². The van der Waals surface area contributed by atoms with Gasteiger partial charge < -0.3 is 19.3 Å². The highest BCUT2D eigenvalue weighted by Crippen LogP contribution is 2.27. The molecular formula is C20H24N2O3. The highest BCUT2D eigenvalue weighted by molar-refractivity contribution is 5.78. The standard InChI is InChI=1S/C20H24N2O3/c1-16-8-9-18(19(14-16)24-2)25-15-20(23)22-12-10-21(11-13-22)17-6-4-3-5-7-17/h3-9,14H,10-13,15H2,1-2H3. The first kappa shape index (κ1) is 17.1. The molecule has 0 aromatic heterocycles. The zero-order valence-corrected chi connectivity index (χ0v) is 14.8. The van der Waals surface area contributed by atoms with Crippen LogP contribution in [0.3, 0.4) is 0 Å². The van der Waals surface area contributed by atoms with Crippen LogP contribution in [0.5, 0.6) is 11.5 Å². The first-order chi connectivity index (χ1) is 12.2. The third-order valence-electron chi connectivity index (χ3n) is 4.42. The van der Waals surface area contributed by atoms with Crippen molar-refractivity contribution >= 4 is 11.6 Å². The van der Waals surface area contributed by atoms with E-state index in [4.69, 9.17) is 9.47 Å². The van der Waals surface area contributed by atoms with E-state index < -0.39 is 0 Å². The molecule has 1 saturated heterocycles. The number of aryl methyl sites for hydroxylation is 1. The number of nitrogens with zero attached hydrogens (tertiary/aromatic N) is 2. The lowest BCUT2D eigenvalue weighted by Gasteiger charge is -2.36. The van der Waals surface area contributed by atoms with Crippen LogP contribution in [-0.4, -0.2) is 50.7 Å². The van der Waals surface area contributed by atoms with Crippen LogP contribution in [0.4, 0.5) is 5.69 Å². The van der Waals surface area contributed by atoms with Crippen LogP contribution in [0.1, 0.15) is 5.56 Å². The Kier molecular flexibility index (Phi) is 5.43. The van der Waals surface area contributed by atoms with Gasteiger partial charge in [-0.05, 0) is 36.8 Å². The number of benzene rings is 2. The van der Waals surface area contributed by atoms with Crippen molar-refractivity contribution in [2.24, 2.45) is 0 Å². The van der Waals surface area contributed by atoms with Gasteiger partial charge in [0, 0.05) is 31.9 Å². The van der Waals surface area contributed by atoms with Crippen LogP contribution in [0.2, 0.25) is 0 Å². The van der Waals surface area contributed by atoms with E-state index in [1.165, 1.54) is 5.69 Å². The number of methoxy groups -OCH3 is 1. The largest absolute Gasteiger partial charge is 0.493 e. The first-order valence-electron chi connectivity index (χ1n) is 8.52. The minimum atomic E-state index is 0.00957. The van der Waals surface area contributed by atoms with Crippen LogP contribution in [0, 0.1) is 6.92 Å². The zero-order chi connectivity index (χ0) is 17.6. The molecule has 5 heteroatoms. The quantitative estimate of drug-likeness (QED) is 0.839. The number of ether oxygens (including phenoxy) is 2. The lowest BCUT2D eigenvalue weighted by atomic mass is 10.2. The highest BCUT2D eigenvalue weighted by atomic mass is 16.5. The van der Waals surface area contributed by atoms with Crippen LogP contribution >= 0.6 is 0 Å². The van der Waals surface area contributed by atoms with Crippen LogP contribution < -0.4 is 14.4 Å². The van der Waals surface area contributed by atoms with E-state index >= 15 is 0 Å². The third kappa shape index (κ3) is 4.24. The Bertz CT molecular complexity index is 710. The van der Waals surface area contributed by atoms with Crippen molar-refractivity contribution in [3.05, 3.63) is 54.1 Å². The van der Waals surface area contributed by atoms with Gasteiger partial charge in [0.05, 0.1) is 7.11 Å². The van der Waals surface area contributed by atoms with Crippen molar-refractivity contribution in [2.75, 3.05) is 44.8 Å². The maximum atomic E-state index is 12.4. The summed E-state index contributed by atoms with van der Waals surface area (Å²) >= 11 is 0. The Hall–Kier alpha value is -2.69. The molecule has 0 radical (unpaired) electrons. The molecule has 1 aliphatic rings. The highest BCUT2D eigenvalue weighted by Gasteiger charge is 2.21. The van der Waals surface area contributed by atoms with Crippen molar-refractivity contribution in [2.45, 2.75) is 6.92 Å². The van der Waals surface area contributed by atoms with Crippen molar-refractivity contribution in [3.8, 4) is 11.5 Å². The summed E-state index contributed by atoms with van der Waals surface area (Å²) in [4.78, 5) is 16.6. The molecule has 132 valence electrons. The van der Waals surface area contributed by atoms with Crippen molar-refractivity contribution < 1.29 is 14.3 Å². The predicted octanol–water partition coefficient (Wildman–Crippen LogP) is 2.73. The summed E-state index contributed by atoms with van der Waals surface area (Å²) in [5.41, 5.74) is 2.29. The second kappa shape index (κ2) is 7.92. The molecule has 2 aromatic carbocycles. The maximum absolute atomic E-state index is 12.4. The normalized spacial score (nSPS) is 14.3. The van der Waals surface area contributed by atoms with Crippen molar-refractivity contribution in [3.63, 3.8) is 0 Å². The Labute approximate surface area is 148 Å². The average molecular weight is 340 g/mol. The molecule has 0 atom stereocenters. The molecule has 25 heavy (non-hydrogen) atoms. The number of hydrogen-bond donors (Lipinski definition) is 0. The Morgan fingerprint density at radius 2 is 1.72 bits per heavy atom. The minimum Gasteiger partial charge on any atom is -0.493 e. The van der Waals surface area contributed by atoms with Gasteiger partial charge in [-0.2, -0.15) is 0 Å². The second-order valence-corrected chi connectivity index (χ2v) is 6.15.